The van der Waals surface area contributed by atoms with Crippen LogP contribution in [0.4, 0.5) is 0 Å². The average molecular weight is 401 g/mol. The standard InChI is InChI=1S/C18H25BrO5/c1-4-23-18(21)11-16(14-6-5-7-15(19)10-14)24-17(20)8-9-22-12-13(2)3/h5-7,10,13,16H,4,8-9,11-12H2,1-3H3. The fourth-order valence-corrected chi connectivity index (χ4v) is 2.41. The van der Waals surface area contributed by atoms with Crippen molar-refractivity contribution in [2.24, 2.45) is 5.92 Å². The molecular formula is C18H25BrO5. The first kappa shape index (κ1) is 20.6. The Labute approximate surface area is 151 Å². The molecule has 0 amide bonds. The van der Waals surface area contributed by atoms with E-state index in [1.165, 1.54) is 0 Å². The summed E-state index contributed by atoms with van der Waals surface area (Å²) in [6, 6.07) is 7.34. The number of benzene rings is 1. The quantitative estimate of drug-likeness (QED) is 0.437. The highest BCUT2D eigenvalue weighted by molar-refractivity contribution is 9.10. The predicted octanol–water partition coefficient (Wildman–Crippen LogP) is 4.05. The molecule has 0 radical (unpaired) electrons. The predicted molar refractivity (Wildman–Crippen MR) is 94.5 cm³/mol. The van der Waals surface area contributed by atoms with Gasteiger partial charge in [-0.15, -0.1) is 0 Å². The number of carbonyl (C=O) groups excluding carboxylic acids is 2. The number of hydrogen-bond donors (Lipinski definition) is 0. The molecule has 0 aliphatic heterocycles. The summed E-state index contributed by atoms with van der Waals surface area (Å²) in [6.07, 6.45) is -0.526. The van der Waals surface area contributed by atoms with Crippen LogP contribution >= 0.6 is 15.9 Å². The van der Waals surface area contributed by atoms with Crippen LogP contribution in [0.15, 0.2) is 28.7 Å². The second-order valence-electron chi connectivity index (χ2n) is 5.76. The SMILES string of the molecule is CCOC(=O)CC(OC(=O)CCOCC(C)C)c1cccc(Br)c1. The molecular weight excluding hydrogens is 376 g/mol. The number of hydrogen-bond acceptors (Lipinski definition) is 5. The second-order valence-corrected chi connectivity index (χ2v) is 6.68. The number of esters is 2. The number of carbonyl (C=O) groups is 2. The van der Waals surface area contributed by atoms with Crippen molar-refractivity contribution in [3.63, 3.8) is 0 Å². The lowest BCUT2D eigenvalue weighted by atomic mass is 10.1. The molecule has 1 aromatic carbocycles. The molecule has 0 aromatic heterocycles. The van der Waals surface area contributed by atoms with Crippen LogP contribution in [0.5, 0.6) is 0 Å². The first-order valence-electron chi connectivity index (χ1n) is 8.10. The highest BCUT2D eigenvalue weighted by Crippen LogP contribution is 2.25. The Morgan fingerprint density at radius 3 is 2.58 bits per heavy atom. The highest BCUT2D eigenvalue weighted by Gasteiger charge is 2.21. The number of rotatable bonds is 10. The number of ether oxygens (including phenoxy) is 3. The fraction of sp³-hybridized carbons (Fsp3) is 0.556. The molecule has 0 bridgehead atoms. The van der Waals surface area contributed by atoms with Gasteiger partial charge in [0.2, 0.25) is 0 Å². The summed E-state index contributed by atoms with van der Waals surface area (Å²) in [5.74, 6) is -0.376. The molecule has 0 saturated carbocycles. The van der Waals surface area contributed by atoms with Crippen molar-refractivity contribution in [3.05, 3.63) is 34.3 Å². The smallest absolute Gasteiger partial charge is 0.309 e. The Morgan fingerprint density at radius 1 is 1.21 bits per heavy atom. The molecule has 1 aromatic rings. The number of halogens is 1. The van der Waals surface area contributed by atoms with Gasteiger partial charge in [0.05, 0.1) is 26.1 Å². The van der Waals surface area contributed by atoms with E-state index in [4.69, 9.17) is 14.2 Å². The van der Waals surface area contributed by atoms with Gasteiger partial charge in [-0.05, 0) is 30.5 Å². The largest absolute Gasteiger partial charge is 0.466 e. The van der Waals surface area contributed by atoms with E-state index in [0.717, 1.165) is 10.0 Å². The zero-order chi connectivity index (χ0) is 17.9. The fourth-order valence-electron chi connectivity index (χ4n) is 2.00. The molecule has 0 fully saturated rings. The Hall–Kier alpha value is -1.40. The maximum Gasteiger partial charge on any atom is 0.309 e. The lowest BCUT2D eigenvalue weighted by Gasteiger charge is -2.18. The Morgan fingerprint density at radius 2 is 1.96 bits per heavy atom. The van der Waals surface area contributed by atoms with Crippen molar-refractivity contribution < 1.29 is 23.8 Å². The molecule has 1 atom stereocenters. The third-order valence-electron chi connectivity index (χ3n) is 3.05. The van der Waals surface area contributed by atoms with E-state index < -0.39 is 18.0 Å². The topological polar surface area (TPSA) is 61.8 Å². The van der Waals surface area contributed by atoms with E-state index in [-0.39, 0.29) is 12.8 Å². The summed E-state index contributed by atoms with van der Waals surface area (Å²) in [7, 11) is 0. The van der Waals surface area contributed by atoms with Gasteiger partial charge in [-0.2, -0.15) is 0 Å². The minimum absolute atomic E-state index is 0.0110. The molecule has 0 spiro atoms. The molecule has 24 heavy (non-hydrogen) atoms. The van der Waals surface area contributed by atoms with Crippen molar-refractivity contribution in [3.8, 4) is 0 Å². The van der Waals surface area contributed by atoms with Crippen LogP contribution in [0.1, 0.15) is 45.3 Å². The van der Waals surface area contributed by atoms with Crippen molar-refractivity contribution in [1.82, 2.24) is 0 Å². The summed E-state index contributed by atoms with van der Waals surface area (Å²) >= 11 is 3.38. The van der Waals surface area contributed by atoms with Gasteiger partial charge in [-0.25, -0.2) is 0 Å². The monoisotopic (exact) mass is 400 g/mol. The van der Waals surface area contributed by atoms with Crippen LogP contribution in [-0.2, 0) is 23.8 Å². The Kier molecular flexibility index (Phi) is 9.64. The minimum atomic E-state index is -0.667. The van der Waals surface area contributed by atoms with Gasteiger partial charge >= 0.3 is 11.9 Å². The molecule has 0 heterocycles. The maximum atomic E-state index is 12.0. The molecule has 5 nitrogen and oxygen atoms in total. The van der Waals surface area contributed by atoms with Crippen molar-refractivity contribution in [1.29, 1.82) is 0 Å². The highest BCUT2D eigenvalue weighted by atomic mass is 79.9. The van der Waals surface area contributed by atoms with Crippen molar-refractivity contribution in [2.45, 2.75) is 39.7 Å². The molecule has 6 heteroatoms. The van der Waals surface area contributed by atoms with Gasteiger partial charge in [0.25, 0.3) is 0 Å². The molecule has 134 valence electrons. The van der Waals surface area contributed by atoms with Gasteiger partial charge in [-0.1, -0.05) is 41.9 Å². The molecule has 1 rings (SSSR count). The van der Waals surface area contributed by atoms with Crippen LogP contribution in [0.2, 0.25) is 0 Å². The van der Waals surface area contributed by atoms with Crippen LogP contribution in [0.3, 0.4) is 0 Å². The first-order chi connectivity index (χ1) is 11.4. The summed E-state index contributed by atoms with van der Waals surface area (Å²) < 4.78 is 16.7. The van der Waals surface area contributed by atoms with Crippen molar-refractivity contribution in [2.75, 3.05) is 19.8 Å². The van der Waals surface area contributed by atoms with Crippen molar-refractivity contribution >= 4 is 27.9 Å². The molecule has 1 unspecified atom stereocenters. The summed E-state index contributed by atoms with van der Waals surface area (Å²) in [4.78, 5) is 23.8. The summed E-state index contributed by atoms with van der Waals surface area (Å²) in [6.45, 7) is 7.03. The maximum absolute atomic E-state index is 12.0. The van der Waals surface area contributed by atoms with E-state index in [0.29, 0.717) is 25.7 Å². The Bertz CT molecular complexity index is 530. The van der Waals surface area contributed by atoms with Crippen LogP contribution in [0.25, 0.3) is 0 Å². The summed E-state index contributed by atoms with van der Waals surface area (Å²) in [5, 5.41) is 0. The third-order valence-corrected chi connectivity index (χ3v) is 3.55. The lowest BCUT2D eigenvalue weighted by molar-refractivity contribution is -0.156. The minimum Gasteiger partial charge on any atom is -0.466 e. The zero-order valence-corrected chi connectivity index (χ0v) is 16.0. The molecule has 0 aliphatic carbocycles. The van der Waals surface area contributed by atoms with Gasteiger partial charge < -0.3 is 14.2 Å². The Balaban J connectivity index is 2.64. The van der Waals surface area contributed by atoms with Gasteiger partial charge in [0.1, 0.15) is 6.10 Å². The molecule has 0 aliphatic rings. The van der Waals surface area contributed by atoms with Crippen LogP contribution in [-0.4, -0.2) is 31.8 Å². The van der Waals surface area contributed by atoms with Crippen LogP contribution < -0.4 is 0 Å². The van der Waals surface area contributed by atoms with Crippen LogP contribution in [0, 0.1) is 5.92 Å². The molecule has 0 saturated heterocycles. The lowest BCUT2D eigenvalue weighted by Crippen LogP contribution is -2.18. The normalized spacial score (nSPS) is 12.0. The van der Waals surface area contributed by atoms with E-state index in [1.54, 1.807) is 6.92 Å². The zero-order valence-electron chi connectivity index (χ0n) is 14.4. The van der Waals surface area contributed by atoms with Gasteiger partial charge in [0.15, 0.2) is 0 Å². The first-order valence-corrected chi connectivity index (χ1v) is 8.90. The van der Waals surface area contributed by atoms with E-state index in [1.807, 2.05) is 38.1 Å². The van der Waals surface area contributed by atoms with Gasteiger partial charge in [-0.3, -0.25) is 9.59 Å². The second kappa shape index (κ2) is 11.2. The van der Waals surface area contributed by atoms with E-state index >= 15 is 0 Å². The average Bonchev–Trinajstić information content (AvgIpc) is 2.51. The van der Waals surface area contributed by atoms with E-state index in [2.05, 4.69) is 15.9 Å². The molecule has 0 N–H and O–H groups in total. The van der Waals surface area contributed by atoms with E-state index in [9.17, 15) is 9.59 Å². The summed E-state index contributed by atoms with van der Waals surface area (Å²) in [5.41, 5.74) is 0.744. The van der Waals surface area contributed by atoms with Gasteiger partial charge in [0, 0.05) is 11.1 Å². The third kappa shape index (κ3) is 8.45.